The Labute approximate surface area is 139 Å². The number of carbonyl (C=O) groups is 2. The molecule has 1 aromatic rings. The molecule has 1 saturated heterocycles. The van der Waals surface area contributed by atoms with Gasteiger partial charge in [-0.2, -0.15) is 4.98 Å². The van der Waals surface area contributed by atoms with Crippen molar-refractivity contribution in [2.45, 2.75) is 57.7 Å². The van der Waals surface area contributed by atoms with Gasteiger partial charge in [-0.25, -0.2) is 9.59 Å². The summed E-state index contributed by atoms with van der Waals surface area (Å²) < 4.78 is 10.5. The first-order chi connectivity index (χ1) is 11.1. The van der Waals surface area contributed by atoms with Crippen LogP contribution in [0.1, 0.15) is 45.3 Å². The van der Waals surface area contributed by atoms with Crippen molar-refractivity contribution in [1.82, 2.24) is 15.0 Å². The number of likely N-dealkylation sites (tertiary alicyclic amines) is 1. The minimum absolute atomic E-state index is 0.174. The summed E-state index contributed by atoms with van der Waals surface area (Å²) >= 11 is 0. The second-order valence-electron chi connectivity index (χ2n) is 7.46. The Bertz CT molecular complexity index is 692. The molecule has 0 aromatic carbocycles. The minimum atomic E-state index is -1.02. The zero-order valence-corrected chi connectivity index (χ0v) is 14.0. The van der Waals surface area contributed by atoms with Gasteiger partial charge in [0.2, 0.25) is 5.89 Å². The van der Waals surface area contributed by atoms with E-state index in [9.17, 15) is 14.7 Å². The number of fused-ring (bicyclic) bond motifs is 1. The second-order valence-corrected chi connectivity index (χ2v) is 7.46. The summed E-state index contributed by atoms with van der Waals surface area (Å²) in [6.07, 6.45) is 2.41. The fourth-order valence-electron chi connectivity index (χ4n) is 3.40. The van der Waals surface area contributed by atoms with E-state index in [1.54, 1.807) is 20.8 Å². The van der Waals surface area contributed by atoms with Gasteiger partial charge in [0.05, 0.1) is 0 Å². The van der Waals surface area contributed by atoms with E-state index in [1.165, 1.54) is 11.0 Å². The second kappa shape index (κ2) is 5.32. The van der Waals surface area contributed by atoms with Gasteiger partial charge in [0.1, 0.15) is 11.6 Å². The zero-order valence-electron chi connectivity index (χ0n) is 14.0. The van der Waals surface area contributed by atoms with Crippen LogP contribution < -0.4 is 0 Å². The van der Waals surface area contributed by atoms with Crippen molar-refractivity contribution >= 4 is 18.1 Å². The number of nitrogens with zero attached hydrogens (tertiary/aromatic N) is 3. The van der Waals surface area contributed by atoms with Crippen LogP contribution in [0.4, 0.5) is 4.79 Å². The van der Waals surface area contributed by atoms with Crippen molar-refractivity contribution in [3.63, 3.8) is 0 Å². The number of hydrogen-bond acceptors (Lipinski definition) is 6. The van der Waals surface area contributed by atoms with Gasteiger partial charge in [-0.15, -0.1) is 0 Å². The largest absolute Gasteiger partial charge is 0.480 e. The van der Waals surface area contributed by atoms with Crippen LogP contribution >= 0.6 is 0 Å². The standard InChI is InChI=1S/C16H21N3O5/c1-5-11-17-12(24-18-11)8-16-6-9(13(20)21)19(10(16)7-16)14(22)23-15(2,3)4/h5,9-10H,1,6-8H2,2-4H3,(H,20,21)/t9-,10+,16-/m0/s1. The summed E-state index contributed by atoms with van der Waals surface area (Å²) in [6.45, 7) is 8.84. The van der Waals surface area contributed by atoms with Crippen molar-refractivity contribution in [2.75, 3.05) is 0 Å². The fraction of sp³-hybridized carbons (Fsp3) is 0.625. The SMILES string of the molecule is C=Cc1noc(C[C@@]23C[C@@H](C(=O)O)N(C(=O)OC(C)(C)C)[C@@H]2C3)n1. The average molecular weight is 335 g/mol. The van der Waals surface area contributed by atoms with Crippen LogP contribution in [-0.4, -0.2) is 49.9 Å². The maximum absolute atomic E-state index is 12.4. The van der Waals surface area contributed by atoms with E-state index < -0.39 is 23.7 Å². The molecule has 2 fully saturated rings. The van der Waals surface area contributed by atoms with E-state index in [1.807, 2.05) is 0 Å². The van der Waals surface area contributed by atoms with Crippen LogP contribution in [0.2, 0.25) is 0 Å². The Kier molecular flexibility index (Phi) is 3.65. The molecule has 1 saturated carbocycles. The third-order valence-corrected chi connectivity index (χ3v) is 4.48. The molecule has 0 unspecified atom stereocenters. The van der Waals surface area contributed by atoms with Crippen LogP contribution in [0.25, 0.3) is 6.08 Å². The van der Waals surface area contributed by atoms with E-state index in [-0.39, 0.29) is 11.5 Å². The highest BCUT2D eigenvalue weighted by atomic mass is 16.6. The first kappa shape index (κ1) is 16.5. The van der Waals surface area contributed by atoms with Crippen LogP contribution in [0.5, 0.6) is 0 Å². The number of carboxylic acids is 1. The number of rotatable bonds is 4. The first-order valence-electron chi connectivity index (χ1n) is 7.84. The molecule has 2 heterocycles. The van der Waals surface area contributed by atoms with Gasteiger partial charge in [0.25, 0.3) is 0 Å². The molecular weight excluding hydrogens is 314 g/mol. The van der Waals surface area contributed by atoms with Crippen molar-refractivity contribution in [3.8, 4) is 0 Å². The quantitative estimate of drug-likeness (QED) is 0.898. The van der Waals surface area contributed by atoms with E-state index in [4.69, 9.17) is 9.26 Å². The summed E-state index contributed by atoms with van der Waals surface area (Å²) in [5.74, 6) is -0.192. The molecule has 130 valence electrons. The Balaban J connectivity index is 1.78. The molecule has 0 radical (unpaired) electrons. The number of piperidine rings is 1. The molecular formula is C16H21N3O5. The molecule has 2 aliphatic rings. The summed E-state index contributed by atoms with van der Waals surface area (Å²) in [6, 6.07) is -1.06. The van der Waals surface area contributed by atoms with E-state index >= 15 is 0 Å². The van der Waals surface area contributed by atoms with Gasteiger partial charge in [-0.05, 0) is 39.7 Å². The van der Waals surface area contributed by atoms with Crippen molar-refractivity contribution < 1.29 is 24.0 Å². The number of ether oxygens (including phenoxy) is 1. The minimum Gasteiger partial charge on any atom is -0.480 e. The summed E-state index contributed by atoms with van der Waals surface area (Å²) in [5, 5.41) is 13.2. The Morgan fingerprint density at radius 2 is 2.21 bits per heavy atom. The predicted octanol–water partition coefficient (Wildman–Crippen LogP) is 2.11. The summed E-state index contributed by atoms with van der Waals surface area (Å²) in [5.41, 5.74) is -1.00. The fourth-order valence-corrected chi connectivity index (χ4v) is 3.40. The van der Waals surface area contributed by atoms with Crippen molar-refractivity contribution in [1.29, 1.82) is 0 Å². The van der Waals surface area contributed by atoms with Gasteiger partial charge in [0.15, 0.2) is 5.82 Å². The van der Waals surface area contributed by atoms with Crippen LogP contribution in [-0.2, 0) is 16.0 Å². The number of amides is 1. The monoisotopic (exact) mass is 335 g/mol. The smallest absolute Gasteiger partial charge is 0.411 e. The van der Waals surface area contributed by atoms with Gasteiger partial charge in [-0.1, -0.05) is 11.7 Å². The molecule has 8 nitrogen and oxygen atoms in total. The topological polar surface area (TPSA) is 106 Å². The first-order valence-corrected chi connectivity index (χ1v) is 7.84. The number of aliphatic carboxylic acids is 1. The third kappa shape index (κ3) is 2.88. The van der Waals surface area contributed by atoms with E-state index in [2.05, 4.69) is 16.7 Å². The Morgan fingerprint density at radius 1 is 1.50 bits per heavy atom. The zero-order chi connectivity index (χ0) is 17.7. The lowest BCUT2D eigenvalue weighted by molar-refractivity contribution is -0.142. The Morgan fingerprint density at radius 3 is 2.75 bits per heavy atom. The van der Waals surface area contributed by atoms with Crippen LogP contribution in [0.15, 0.2) is 11.1 Å². The summed E-state index contributed by atoms with van der Waals surface area (Å²) in [4.78, 5) is 29.6. The predicted molar refractivity (Wildman–Crippen MR) is 83.0 cm³/mol. The molecule has 8 heteroatoms. The van der Waals surface area contributed by atoms with E-state index in [0.29, 0.717) is 31.0 Å². The molecule has 24 heavy (non-hydrogen) atoms. The van der Waals surface area contributed by atoms with Crippen molar-refractivity contribution in [2.24, 2.45) is 5.41 Å². The third-order valence-electron chi connectivity index (χ3n) is 4.48. The molecule has 0 spiro atoms. The molecule has 1 aromatic heterocycles. The molecule has 1 amide bonds. The highest BCUT2D eigenvalue weighted by molar-refractivity contribution is 5.82. The normalized spacial score (nSPS) is 28.4. The maximum atomic E-state index is 12.4. The lowest BCUT2D eigenvalue weighted by Crippen LogP contribution is -2.45. The maximum Gasteiger partial charge on any atom is 0.411 e. The summed E-state index contributed by atoms with van der Waals surface area (Å²) in [7, 11) is 0. The van der Waals surface area contributed by atoms with Crippen molar-refractivity contribution in [3.05, 3.63) is 18.3 Å². The molecule has 3 rings (SSSR count). The van der Waals surface area contributed by atoms with Gasteiger partial charge >= 0.3 is 12.1 Å². The molecule has 1 aliphatic carbocycles. The number of carboxylic acid groups (broad SMARTS) is 1. The van der Waals surface area contributed by atoms with Crippen LogP contribution in [0, 0.1) is 5.41 Å². The van der Waals surface area contributed by atoms with E-state index in [0.717, 1.165) is 0 Å². The Hall–Kier alpha value is -2.38. The van der Waals surface area contributed by atoms with Gasteiger partial charge < -0.3 is 14.4 Å². The lowest BCUT2D eigenvalue weighted by atomic mass is 9.96. The molecule has 3 atom stereocenters. The number of carbonyl (C=O) groups excluding carboxylic acids is 1. The number of hydrogen-bond donors (Lipinski definition) is 1. The highest BCUT2D eigenvalue weighted by Crippen LogP contribution is 2.61. The van der Waals surface area contributed by atoms with Gasteiger partial charge in [0, 0.05) is 17.9 Å². The number of aromatic nitrogens is 2. The van der Waals surface area contributed by atoms with Gasteiger partial charge in [-0.3, -0.25) is 4.90 Å². The molecule has 1 aliphatic heterocycles. The van der Waals surface area contributed by atoms with Crippen LogP contribution in [0.3, 0.4) is 0 Å². The lowest BCUT2D eigenvalue weighted by Gasteiger charge is -2.28. The molecule has 0 bridgehead atoms. The average Bonchev–Trinajstić information content (AvgIpc) is 2.82. The highest BCUT2D eigenvalue weighted by Gasteiger charge is 2.68. The molecule has 1 N–H and O–H groups in total.